The number of benzene rings is 1. The number of nitrogens with zero attached hydrogens (tertiary/aromatic N) is 2. The molecular formula is C15H13ClN2O4. The maximum atomic E-state index is 11.3. The van der Waals surface area contributed by atoms with Crippen LogP contribution in [0.25, 0.3) is 0 Å². The lowest BCUT2D eigenvalue weighted by Crippen LogP contribution is -2.07. The number of esters is 1. The zero-order chi connectivity index (χ0) is 15.5. The molecule has 3 rings (SSSR count). The molecule has 0 atom stereocenters. The number of rotatable bonds is 4. The van der Waals surface area contributed by atoms with Crippen molar-refractivity contribution >= 4 is 17.6 Å². The predicted octanol–water partition coefficient (Wildman–Crippen LogP) is 2.17. The Labute approximate surface area is 132 Å². The monoisotopic (exact) mass is 320 g/mol. The van der Waals surface area contributed by atoms with Gasteiger partial charge in [0.2, 0.25) is 6.79 Å². The number of methoxy groups -OCH3 is 1. The summed E-state index contributed by atoms with van der Waals surface area (Å²) in [6.45, 7) is 0.239. The molecule has 0 N–H and O–H groups in total. The minimum Gasteiger partial charge on any atom is -0.469 e. The number of halogens is 1. The molecule has 0 amide bonds. The molecular weight excluding hydrogens is 308 g/mol. The lowest BCUT2D eigenvalue weighted by atomic mass is 10.1. The molecule has 1 aliphatic heterocycles. The number of hydrogen-bond donors (Lipinski definition) is 0. The van der Waals surface area contributed by atoms with Gasteiger partial charge in [0.15, 0.2) is 11.5 Å². The van der Waals surface area contributed by atoms with Gasteiger partial charge in [-0.15, -0.1) is 0 Å². The first-order valence-corrected chi connectivity index (χ1v) is 6.99. The van der Waals surface area contributed by atoms with E-state index in [9.17, 15) is 4.79 Å². The highest BCUT2D eigenvalue weighted by Gasteiger charge is 2.15. The van der Waals surface area contributed by atoms with E-state index in [0.717, 1.165) is 11.3 Å². The second-order valence-electron chi connectivity index (χ2n) is 4.72. The molecule has 7 heteroatoms. The van der Waals surface area contributed by atoms with Gasteiger partial charge >= 0.3 is 5.97 Å². The number of aromatic nitrogens is 2. The van der Waals surface area contributed by atoms with Crippen molar-refractivity contribution in [2.75, 3.05) is 13.9 Å². The highest BCUT2D eigenvalue weighted by molar-refractivity contribution is 6.30. The standard InChI is InChI=1S/C15H13ClN2O4/c1-20-14(19)6-10-7-17-13(18-15(10)16)5-9-2-3-11-12(4-9)22-8-21-11/h2-4,7H,5-6,8H2,1H3. The van der Waals surface area contributed by atoms with Crippen LogP contribution < -0.4 is 9.47 Å². The van der Waals surface area contributed by atoms with E-state index in [2.05, 4.69) is 14.7 Å². The third-order valence-electron chi connectivity index (χ3n) is 3.22. The maximum absolute atomic E-state index is 11.3. The van der Waals surface area contributed by atoms with Gasteiger partial charge in [-0.2, -0.15) is 0 Å². The fourth-order valence-corrected chi connectivity index (χ4v) is 2.30. The molecule has 0 aliphatic carbocycles. The quantitative estimate of drug-likeness (QED) is 0.635. The number of carbonyl (C=O) groups excluding carboxylic acids is 1. The molecule has 2 heterocycles. The van der Waals surface area contributed by atoms with Crippen LogP contribution in [0.4, 0.5) is 0 Å². The van der Waals surface area contributed by atoms with Gasteiger partial charge in [0.1, 0.15) is 11.0 Å². The van der Waals surface area contributed by atoms with Crippen molar-refractivity contribution in [3.05, 3.63) is 46.5 Å². The Bertz CT molecular complexity index is 721. The van der Waals surface area contributed by atoms with Crippen molar-refractivity contribution in [2.24, 2.45) is 0 Å². The van der Waals surface area contributed by atoms with E-state index in [1.165, 1.54) is 7.11 Å². The second-order valence-corrected chi connectivity index (χ2v) is 5.08. The minimum absolute atomic E-state index is 0.0552. The zero-order valence-corrected chi connectivity index (χ0v) is 12.6. The molecule has 1 aliphatic rings. The van der Waals surface area contributed by atoms with Gasteiger partial charge in [0.25, 0.3) is 0 Å². The molecule has 114 valence electrons. The summed E-state index contributed by atoms with van der Waals surface area (Å²) in [5, 5.41) is 0.260. The highest BCUT2D eigenvalue weighted by atomic mass is 35.5. The van der Waals surface area contributed by atoms with Crippen molar-refractivity contribution in [1.29, 1.82) is 0 Å². The lowest BCUT2D eigenvalue weighted by molar-refractivity contribution is -0.139. The molecule has 0 spiro atoms. The van der Waals surface area contributed by atoms with Gasteiger partial charge in [-0.25, -0.2) is 9.97 Å². The van der Waals surface area contributed by atoms with E-state index in [1.54, 1.807) is 6.20 Å². The van der Waals surface area contributed by atoms with Gasteiger partial charge < -0.3 is 14.2 Å². The SMILES string of the molecule is COC(=O)Cc1cnc(Cc2ccc3c(c2)OCO3)nc1Cl. The largest absolute Gasteiger partial charge is 0.469 e. The summed E-state index contributed by atoms with van der Waals surface area (Å²) in [5.74, 6) is 1.63. The van der Waals surface area contributed by atoms with Crippen LogP contribution in [-0.2, 0) is 22.4 Å². The van der Waals surface area contributed by atoms with Crippen molar-refractivity contribution in [3.8, 4) is 11.5 Å². The van der Waals surface area contributed by atoms with Crippen molar-refractivity contribution in [1.82, 2.24) is 9.97 Å². The third-order valence-corrected chi connectivity index (χ3v) is 3.55. The maximum Gasteiger partial charge on any atom is 0.310 e. The van der Waals surface area contributed by atoms with Crippen LogP contribution in [0.5, 0.6) is 11.5 Å². The Morgan fingerprint density at radius 2 is 2.18 bits per heavy atom. The van der Waals surface area contributed by atoms with Gasteiger partial charge in [0.05, 0.1) is 13.5 Å². The summed E-state index contributed by atoms with van der Waals surface area (Å²) in [7, 11) is 1.32. The van der Waals surface area contributed by atoms with Gasteiger partial charge in [-0.1, -0.05) is 17.7 Å². The average molecular weight is 321 g/mol. The van der Waals surface area contributed by atoms with E-state index in [0.29, 0.717) is 23.6 Å². The molecule has 0 saturated carbocycles. The molecule has 0 saturated heterocycles. The normalized spacial score (nSPS) is 12.3. The molecule has 0 fully saturated rings. The first-order chi connectivity index (χ1) is 10.7. The summed E-state index contributed by atoms with van der Waals surface area (Å²) in [4.78, 5) is 19.7. The smallest absolute Gasteiger partial charge is 0.310 e. The van der Waals surface area contributed by atoms with Gasteiger partial charge in [-0.3, -0.25) is 4.79 Å². The van der Waals surface area contributed by atoms with Crippen LogP contribution in [0.15, 0.2) is 24.4 Å². The van der Waals surface area contributed by atoms with E-state index in [-0.39, 0.29) is 24.3 Å². The van der Waals surface area contributed by atoms with Crippen molar-refractivity contribution in [3.63, 3.8) is 0 Å². The molecule has 0 radical (unpaired) electrons. The molecule has 22 heavy (non-hydrogen) atoms. The Morgan fingerprint density at radius 3 is 2.95 bits per heavy atom. The number of carbonyl (C=O) groups is 1. The van der Waals surface area contributed by atoms with E-state index < -0.39 is 0 Å². The topological polar surface area (TPSA) is 70.5 Å². The Balaban J connectivity index is 1.75. The summed E-state index contributed by atoms with van der Waals surface area (Å²) in [6.07, 6.45) is 2.11. The highest BCUT2D eigenvalue weighted by Crippen LogP contribution is 2.32. The first-order valence-electron chi connectivity index (χ1n) is 6.61. The Kier molecular flexibility index (Phi) is 4.11. The molecule has 1 aromatic heterocycles. The summed E-state index contributed by atoms with van der Waals surface area (Å²) in [6, 6.07) is 5.67. The molecule has 0 bridgehead atoms. The zero-order valence-electron chi connectivity index (χ0n) is 11.8. The fourth-order valence-electron chi connectivity index (χ4n) is 2.08. The summed E-state index contributed by atoms with van der Waals surface area (Å²) in [5.41, 5.74) is 1.53. The first kappa shape index (κ1) is 14.6. The Hall–Kier alpha value is -2.34. The van der Waals surface area contributed by atoms with Crippen LogP contribution in [0.2, 0.25) is 5.15 Å². The lowest BCUT2D eigenvalue weighted by Gasteiger charge is -2.06. The molecule has 1 aromatic carbocycles. The molecule has 6 nitrogen and oxygen atoms in total. The van der Waals surface area contributed by atoms with E-state index in [1.807, 2.05) is 18.2 Å². The second kappa shape index (κ2) is 6.19. The van der Waals surface area contributed by atoms with E-state index >= 15 is 0 Å². The average Bonchev–Trinajstić information content (AvgIpc) is 2.97. The molecule has 0 unspecified atom stereocenters. The van der Waals surface area contributed by atoms with Crippen LogP contribution in [0, 0.1) is 0 Å². The van der Waals surface area contributed by atoms with E-state index in [4.69, 9.17) is 21.1 Å². The number of fused-ring (bicyclic) bond motifs is 1. The minimum atomic E-state index is -0.381. The van der Waals surface area contributed by atoms with Crippen molar-refractivity contribution < 1.29 is 19.0 Å². The van der Waals surface area contributed by atoms with Crippen molar-refractivity contribution in [2.45, 2.75) is 12.8 Å². The molecule has 2 aromatic rings. The van der Waals surface area contributed by atoms with Gasteiger partial charge in [0, 0.05) is 18.2 Å². The third kappa shape index (κ3) is 3.12. The Morgan fingerprint density at radius 1 is 1.36 bits per heavy atom. The number of hydrogen-bond acceptors (Lipinski definition) is 6. The number of ether oxygens (including phenoxy) is 3. The predicted molar refractivity (Wildman–Crippen MR) is 78.1 cm³/mol. The van der Waals surface area contributed by atoms with Gasteiger partial charge in [-0.05, 0) is 17.7 Å². The van der Waals surface area contributed by atoms with Crippen LogP contribution in [0.1, 0.15) is 17.0 Å². The van der Waals surface area contributed by atoms with Crippen LogP contribution in [0.3, 0.4) is 0 Å². The summed E-state index contributed by atoms with van der Waals surface area (Å²) < 4.78 is 15.2. The van der Waals surface area contributed by atoms with Crippen LogP contribution >= 0.6 is 11.6 Å². The van der Waals surface area contributed by atoms with Crippen LogP contribution in [-0.4, -0.2) is 29.8 Å². The summed E-state index contributed by atoms with van der Waals surface area (Å²) >= 11 is 6.09. The fraction of sp³-hybridized carbons (Fsp3) is 0.267.